The van der Waals surface area contributed by atoms with Crippen LogP contribution in [0.15, 0.2) is 52.8 Å². The van der Waals surface area contributed by atoms with Crippen LogP contribution < -0.4 is 0 Å². The van der Waals surface area contributed by atoms with Gasteiger partial charge in [0.25, 0.3) is 5.69 Å². The van der Waals surface area contributed by atoms with Crippen molar-refractivity contribution in [3.63, 3.8) is 0 Å². The Morgan fingerprint density at radius 1 is 1.35 bits per heavy atom. The van der Waals surface area contributed by atoms with E-state index in [0.717, 1.165) is 0 Å². The van der Waals surface area contributed by atoms with Gasteiger partial charge >= 0.3 is 5.97 Å². The first kappa shape index (κ1) is 17.0. The van der Waals surface area contributed by atoms with Crippen LogP contribution in [0.3, 0.4) is 0 Å². The number of nitro groups is 1. The predicted octanol–water partition coefficient (Wildman–Crippen LogP) is 3.08. The second kappa shape index (κ2) is 6.97. The van der Waals surface area contributed by atoms with Crippen LogP contribution in [0.25, 0.3) is 5.65 Å². The van der Waals surface area contributed by atoms with Gasteiger partial charge in [0.15, 0.2) is 17.2 Å². The molecule has 2 aromatic heterocycles. The summed E-state index contributed by atoms with van der Waals surface area (Å²) in [4.78, 5) is 26.1. The number of rotatable bonds is 5. The van der Waals surface area contributed by atoms with E-state index in [0.29, 0.717) is 0 Å². The highest BCUT2D eigenvalue weighted by Crippen LogP contribution is 2.29. The van der Waals surface area contributed by atoms with Crippen molar-refractivity contribution < 1.29 is 19.6 Å². The van der Waals surface area contributed by atoms with Gasteiger partial charge < -0.3 is 9.84 Å². The average molecular weight is 355 g/mol. The number of non-ortho nitro benzene ring substituents is 1. The van der Waals surface area contributed by atoms with Crippen LogP contribution in [0.1, 0.15) is 5.69 Å². The number of methoxy groups -OCH3 is 1. The highest BCUT2D eigenvalue weighted by atomic mass is 16.6. The van der Waals surface area contributed by atoms with Crippen molar-refractivity contribution in [2.24, 2.45) is 10.2 Å². The maximum Gasteiger partial charge on any atom is 0.311 e. The molecule has 3 aromatic rings. The largest absolute Gasteiger partial charge is 0.504 e. The molecule has 0 atom stereocenters. The number of nitrogens with zero attached hydrogens (tertiary/aromatic N) is 5. The molecule has 0 unspecified atom stereocenters. The van der Waals surface area contributed by atoms with Gasteiger partial charge in [0, 0.05) is 18.3 Å². The van der Waals surface area contributed by atoms with E-state index in [4.69, 9.17) is 0 Å². The Bertz CT molecular complexity index is 1030. The van der Waals surface area contributed by atoms with Gasteiger partial charge in [0.05, 0.1) is 29.8 Å². The first-order chi connectivity index (χ1) is 12.5. The molecule has 0 saturated carbocycles. The smallest absolute Gasteiger partial charge is 0.311 e. The molecule has 0 spiro atoms. The van der Waals surface area contributed by atoms with Gasteiger partial charge in [-0.15, -0.1) is 10.2 Å². The Labute approximate surface area is 146 Å². The fourth-order valence-electron chi connectivity index (χ4n) is 2.29. The summed E-state index contributed by atoms with van der Waals surface area (Å²) >= 11 is 0. The van der Waals surface area contributed by atoms with Crippen LogP contribution in [0.2, 0.25) is 0 Å². The molecular formula is C16H13N5O5. The van der Waals surface area contributed by atoms with Gasteiger partial charge in [-0.3, -0.25) is 19.3 Å². The molecule has 1 N–H and O–H groups in total. The summed E-state index contributed by atoms with van der Waals surface area (Å²) in [7, 11) is 1.25. The minimum Gasteiger partial charge on any atom is -0.504 e. The summed E-state index contributed by atoms with van der Waals surface area (Å²) in [6.07, 6.45) is 1.44. The number of aromatic nitrogens is 2. The molecule has 10 nitrogen and oxygen atoms in total. The minimum atomic E-state index is -0.534. The van der Waals surface area contributed by atoms with E-state index in [1.54, 1.807) is 18.3 Å². The van der Waals surface area contributed by atoms with E-state index in [1.807, 2.05) is 0 Å². The van der Waals surface area contributed by atoms with Gasteiger partial charge in [0.2, 0.25) is 0 Å². The van der Waals surface area contributed by atoms with Crippen LogP contribution in [0.5, 0.6) is 5.75 Å². The monoisotopic (exact) mass is 355 g/mol. The standard InChI is InChI=1S/C16H13N5O5/c1-26-14(23)9-12-15(20-7-3-6-13(22)16(20)17-12)19-18-10-4-2-5-11(8-10)21(24)25/h2-8,22H,9H2,1H3. The second-order valence-electron chi connectivity index (χ2n) is 5.20. The number of imidazole rings is 1. The van der Waals surface area contributed by atoms with E-state index in [2.05, 4.69) is 19.9 Å². The van der Waals surface area contributed by atoms with Crippen LogP contribution in [0.4, 0.5) is 17.2 Å². The summed E-state index contributed by atoms with van der Waals surface area (Å²) < 4.78 is 6.11. The van der Waals surface area contributed by atoms with Crippen molar-refractivity contribution in [3.05, 3.63) is 58.4 Å². The number of aromatic hydroxyl groups is 1. The Morgan fingerprint density at radius 2 is 2.15 bits per heavy atom. The third-order valence-electron chi connectivity index (χ3n) is 3.51. The van der Waals surface area contributed by atoms with Crippen molar-refractivity contribution in [2.75, 3.05) is 7.11 Å². The number of azo groups is 1. The van der Waals surface area contributed by atoms with Gasteiger partial charge in [-0.2, -0.15) is 0 Å². The maximum absolute atomic E-state index is 11.6. The molecule has 0 radical (unpaired) electrons. The Balaban J connectivity index is 2.06. The number of esters is 1. The Morgan fingerprint density at radius 3 is 2.88 bits per heavy atom. The average Bonchev–Trinajstić information content (AvgIpc) is 2.98. The number of fused-ring (bicyclic) bond motifs is 1. The normalized spacial score (nSPS) is 11.1. The molecule has 0 amide bonds. The molecule has 0 fully saturated rings. The number of hydrogen-bond acceptors (Lipinski definition) is 8. The first-order valence-corrected chi connectivity index (χ1v) is 7.41. The van der Waals surface area contributed by atoms with E-state index in [1.165, 1.54) is 35.8 Å². The number of carbonyl (C=O) groups is 1. The predicted molar refractivity (Wildman–Crippen MR) is 89.8 cm³/mol. The lowest BCUT2D eigenvalue weighted by Gasteiger charge is -1.99. The molecule has 132 valence electrons. The van der Waals surface area contributed by atoms with Crippen molar-refractivity contribution in [1.82, 2.24) is 9.38 Å². The van der Waals surface area contributed by atoms with Crippen molar-refractivity contribution in [2.45, 2.75) is 6.42 Å². The molecule has 1 aromatic carbocycles. The molecule has 26 heavy (non-hydrogen) atoms. The molecule has 0 aliphatic carbocycles. The quantitative estimate of drug-likeness (QED) is 0.324. The molecule has 0 aliphatic rings. The molecule has 2 heterocycles. The zero-order valence-electron chi connectivity index (χ0n) is 13.6. The number of ether oxygens (including phenoxy) is 1. The third-order valence-corrected chi connectivity index (χ3v) is 3.51. The van der Waals surface area contributed by atoms with Gasteiger partial charge in [0.1, 0.15) is 0 Å². The summed E-state index contributed by atoms with van der Waals surface area (Å²) in [5.41, 5.74) is 0.609. The number of hydrogen-bond donors (Lipinski definition) is 1. The molecule has 3 rings (SSSR count). The molecule has 0 bridgehead atoms. The lowest BCUT2D eigenvalue weighted by Crippen LogP contribution is -2.04. The van der Waals surface area contributed by atoms with Crippen LogP contribution in [-0.4, -0.2) is 32.5 Å². The fraction of sp³-hybridized carbons (Fsp3) is 0.125. The van der Waals surface area contributed by atoms with Crippen LogP contribution >= 0.6 is 0 Å². The zero-order chi connectivity index (χ0) is 18.7. The maximum atomic E-state index is 11.6. The molecule has 0 saturated heterocycles. The molecular weight excluding hydrogens is 342 g/mol. The number of benzene rings is 1. The van der Waals surface area contributed by atoms with Gasteiger partial charge in [-0.05, 0) is 18.2 Å². The number of pyridine rings is 1. The van der Waals surface area contributed by atoms with E-state index in [9.17, 15) is 20.0 Å². The number of carbonyl (C=O) groups excluding carboxylic acids is 1. The number of nitro benzene ring substituents is 1. The second-order valence-corrected chi connectivity index (χ2v) is 5.20. The topological polar surface area (TPSA) is 132 Å². The zero-order valence-corrected chi connectivity index (χ0v) is 13.6. The fourth-order valence-corrected chi connectivity index (χ4v) is 2.29. The SMILES string of the molecule is COC(=O)Cc1nc2c(O)cccn2c1N=Nc1cccc([N+](=O)[O-])c1. The Hall–Kier alpha value is -3.82. The molecule has 0 aliphatic heterocycles. The van der Waals surface area contributed by atoms with Crippen LogP contribution in [-0.2, 0) is 16.0 Å². The third kappa shape index (κ3) is 3.34. The minimum absolute atomic E-state index is 0.0876. The summed E-state index contributed by atoms with van der Waals surface area (Å²) in [5, 5.41) is 28.9. The summed E-state index contributed by atoms with van der Waals surface area (Å²) in [6, 6.07) is 8.68. The van der Waals surface area contributed by atoms with E-state index >= 15 is 0 Å². The van der Waals surface area contributed by atoms with Crippen molar-refractivity contribution >= 4 is 28.8 Å². The van der Waals surface area contributed by atoms with Gasteiger partial charge in [-0.1, -0.05) is 6.07 Å². The highest BCUT2D eigenvalue weighted by Gasteiger charge is 2.17. The van der Waals surface area contributed by atoms with Crippen molar-refractivity contribution in [3.8, 4) is 5.75 Å². The van der Waals surface area contributed by atoms with E-state index < -0.39 is 10.9 Å². The Kier molecular flexibility index (Phi) is 4.56. The highest BCUT2D eigenvalue weighted by molar-refractivity contribution is 5.75. The molecule has 10 heteroatoms. The van der Waals surface area contributed by atoms with Crippen LogP contribution in [0, 0.1) is 10.1 Å². The summed E-state index contributed by atoms with van der Waals surface area (Å²) in [5.74, 6) is -0.400. The first-order valence-electron chi connectivity index (χ1n) is 7.41. The van der Waals surface area contributed by atoms with E-state index in [-0.39, 0.29) is 40.7 Å². The lowest BCUT2D eigenvalue weighted by atomic mass is 10.3. The lowest BCUT2D eigenvalue weighted by molar-refractivity contribution is -0.384. The van der Waals surface area contributed by atoms with Crippen molar-refractivity contribution in [1.29, 1.82) is 0 Å². The van der Waals surface area contributed by atoms with Gasteiger partial charge in [-0.25, -0.2) is 4.98 Å². The summed E-state index contributed by atoms with van der Waals surface area (Å²) in [6.45, 7) is 0.